The minimum atomic E-state index is -0.702. The molecule has 0 fully saturated rings. The van der Waals surface area contributed by atoms with Crippen molar-refractivity contribution in [1.82, 2.24) is 5.32 Å². The van der Waals surface area contributed by atoms with Crippen molar-refractivity contribution in [2.75, 3.05) is 10.2 Å². The van der Waals surface area contributed by atoms with E-state index < -0.39 is 11.8 Å². The molecule has 0 saturated carbocycles. The zero-order valence-corrected chi connectivity index (χ0v) is 18.5. The van der Waals surface area contributed by atoms with E-state index in [0.29, 0.717) is 17.0 Å². The van der Waals surface area contributed by atoms with Crippen molar-refractivity contribution in [2.45, 2.75) is 6.54 Å². The molecule has 0 radical (unpaired) electrons. The highest BCUT2D eigenvalue weighted by Gasteiger charge is 2.39. The third kappa shape index (κ3) is 4.50. The standard InChI is InChI=1S/C22H14Cl3N3O4/c23-13-8-14(24)10-16(9-13)28-21(30)18(25)19(22(28)31)27-15-5-3-12(4-6-15)20(29)26-11-17-2-1-7-32-17/h1-10,27H,11H2,(H,26,29). The number of amides is 3. The number of halogens is 3. The maximum Gasteiger partial charge on any atom is 0.283 e. The van der Waals surface area contributed by atoms with Crippen molar-refractivity contribution >= 4 is 63.9 Å². The van der Waals surface area contributed by atoms with Gasteiger partial charge in [0.2, 0.25) is 0 Å². The molecule has 0 atom stereocenters. The number of imide groups is 1. The summed E-state index contributed by atoms with van der Waals surface area (Å²) in [7, 11) is 0. The predicted octanol–water partition coefficient (Wildman–Crippen LogP) is 4.95. The maximum atomic E-state index is 12.9. The molecule has 3 amide bonds. The Labute approximate surface area is 197 Å². The van der Waals surface area contributed by atoms with Gasteiger partial charge < -0.3 is 15.1 Å². The molecule has 4 rings (SSSR count). The normalized spacial score (nSPS) is 13.7. The van der Waals surface area contributed by atoms with Gasteiger partial charge in [0.25, 0.3) is 17.7 Å². The van der Waals surface area contributed by atoms with Crippen molar-refractivity contribution in [3.63, 3.8) is 0 Å². The van der Waals surface area contributed by atoms with Crippen LogP contribution in [0.15, 0.2) is 76.0 Å². The van der Waals surface area contributed by atoms with Crippen LogP contribution in [0.25, 0.3) is 0 Å². The average Bonchev–Trinajstić information content (AvgIpc) is 3.35. The number of carbonyl (C=O) groups excluding carboxylic acids is 3. The number of nitrogens with one attached hydrogen (secondary N) is 2. The molecule has 7 nitrogen and oxygen atoms in total. The van der Waals surface area contributed by atoms with Gasteiger partial charge in [-0.1, -0.05) is 34.8 Å². The van der Waals surface area contributed by atoms with Gasteiger partial charge in [-0.25, -0.2) is 4.90 Å². The lowest BCUT2D eigenvalue weighted by Gasteiger charge is -2.16. The fourth-order valence-electron chi connectivity index (χ4n) is 3.05. The fourth-order valence-corrected chi connectivity index (χ4v) is 3.77. The Bertz CT molecular complexity index is 1220. The number of rotatable bonds is 6. The molecule has 2 aromatic carbocycles. The van der Waals surface area contributed by atoms with Crippen molar-refractivity contribution in [3.8, 4) is 0 Å². The van der Waals surface area contributed by atoms with Gasteiger partial charge in [0.1, 0.15) is 16.5 Å². The number of furan rings is 1. The van der Waals surface area contributed by atoms with Crippen LogP contribution in [-0.4, -0.2) is 17.7 Å². The minimum absolute atomic E-state index is 0.0946. The molecule has 2 heterocycles. The van der Waals surface area contributed by atoms with E-state index in [1.807, 2.05) is 0 Å². The van der Waals surface area contributed by atoms with Crippen molar-refractivity contribution in [3.05, 3.63) is 93.0 Å². The molecule has 2 N–H and O–H groups in total. The van der Waals surface area contributed by atoms with E-state index in [4.69, 9.17) is 39.2 Å². The van der Waals surface area contributed by atoms with E-state index in [-0.39, 0.29) is 38.9 Å². The number of carbonyl (C=O) groups is 3. The molecule has 0 aliphatic carbocycles. The summed E-state index contributed by atoms with van der Waals surface area (Å²) in [4.78, 5) is 38.6. The number of hydrogen-bond acceptors (Lipinski definition) is 5. The van der Waals surface area contributed by atoms with Gasteiger partial charge in [-0.2, -0.15) is 0 Å². The predicted molar refractivity (Wildman–Crippen MR) is 122 cm³/mol. The summed E-state index contributed by atoms with van der Waals surface area (Å²) in [5.74, 6) is -1.01. The number of benzene rings is 2. The smallest absolute Gasteiger partial charge is 0.283 e. The molecule has 1 aliphatic heterocycles. The minimum Gasteiger partial charge on any atom is -0.467 e. The van der Waals surface area contributed by atoms with Gasteiger partial charge in [0.05, 0.1) is 18.5 Å². The molecule has 1 aromatic heterocycles. The van der Waals surface area contributed by atoms with Gasteiger partial charge in [0.15, 0.2) is 0 Å². The van der Waals surface area contributed by atoms with Crippen LogP contribution < -0.4 is 15.5 Å². The first kappa shape index (κ1) is 22.0. The van der Waals surface area contributed by atoms with E-state index in [1.165, 1.54) is 24.5 Å². The summed E-state index contributed by atoms with van der Waals surface area (Å²) in [6.45, 7) is 0.258. The Morgan fingerprint density at radius 2 is 1.62 bits per heavy atom. The van der Waals surface area contributed by atoms with E-state index in [0.717, 1.165) is 4.90 Å². The van der Waals surface area contributed by atoms with Crippen molar-refractivity contribution < 1.29 is 18.8 Å². The molecular formula is C22H14Cl3N3O4. The Morgan fingerprint density at radius 1 is 0.938 bits per heavy atom. The molecule has 0 saturated heterocycles. The summed E-state index contributed by atoms with van der Waals surface area (Å²) in [5.41, 5.74) is 0.984. The Balaban J connectivity index is 1.47. The second-order valence-corrected chi connectivity index (χ2v) is 7.98. The molecule has 0 bridgehead atoms. The van der Waals surface area contributed by atoms with Crippen LogP contribution in [0.1, 0.15) is 16.1 Å². The zero-order chi connectivity index (χ0) is 22.8. The van der Waals surface area contributed by atoms with E-state index in [2.05, 4.69) is 10.6 Å². The lowest BCUT2D eigenvalue weighted by atomic mass is 10.2. The van der Waals surface area contributed by atoms with Crippen molar-refractivity contribution in [2.24, 2.45) is 0 Å². The molecule has 1 aliphatic rings. The summed E-state index contributed by atoms with van der Waals surface area (Å²) in [6.07, 6.45) is 1.53. The summed E-state index contributed by atoms with van der Waals surface area (Å²) < 4.78 is 5.18. The number of nitrogens with zero attached hydrogens (tertiary/aromatic N) is 1. The first-order chi connectivity index (χ1) is 15.3. The van der Waals surface area contributed by atoms with Gasteiger partial charge >= 0.3 is 0 Å². The highest BCUT2D eigenvalue weighted by Crippen LogP contribution is 2.33. The van der Waals surface area contributed by atoms with Crippen LogP contribution in [0, 0.1) is 0 Å². The van der Waals surface area contributed by atoms with Crippen LogP contribution in [0.5, 0.6) is 0 Å². The van der Waals surface area contributed by atoms with Gasteiger partial charge in [0, 0.05) is 21.3 Å². The average molecular weight is 491 g/mol. The molecule has 0 spiro atoms. The monoisotopic (exact) mass is 489 g/mol. The first-order valence-corrected chi connectivity index (χ1v) is 10.4. The molecular weight excluding hydrogens is 477 g/mol. The number of hydrogen-bond donors (Lipinski definition) is 2. The van der Waals surface area contributed by atoms with Crippen LogP contribution >= 0.6 is 34.8 Å². The van der Waals surface area contributed by atoms with Gasteiger partial charge in [-0.15, -0.1) is 0 Å². The largest absolute Gasteiger partial charge is 0.467 e. The van der Waals surface area contributed by atoms with Gasteiger partial charge in [-0.05, 0) is 54.6 Å². The van der Waals surface area contributed by atoms with Crippen molar-refractivity contribution in [1.29, 1.82) is 0 Å². The van der Waals surface area contributed by atoms with E-state index in [9.17, 15) is 14.4 Å². The summed E-state index contributed by atoms with van der Waals surface area (Å²) >= 11 is 18.1. The molecule has 32 heavy (non-hydrogen) atoms. The van der Waals surface area contributed by atoms with Crippen LogP contribution in [0.2, 0.25) is 10.0 Å². The second-order valence-electron chi connectivity index (χ2n) is 6.73. The number of anilines is 2. The molecule has 162 valence electrons. The second kappa shape index (κ2) is 9.08. The fraction of sp³-hybridized carbons (Fsp3) is 0.0455. The topological polar surface area (TPSA) is 91.7 Å². The summed E-state index contributed by atoms with van der Waals surface area (Å²) in [6, 6.07) is 14.2. The first-order valence-electron chi connectivity index (χ1n) is 9.26. The summed E-state index contributed by atoms with van der Waals surface area (Å²) in [5, 5.41) is 5.85. The third-order valence-electron chi connectivity index (χ3n) is 4.55. The van der Waals surface area contributed by atoms with E-state index >= 15 is 0 Å². The van der Waals surface area contributed by atoms with Crippen LogP contribution in [0.4, 0.5) is 11.4 Å². The third-order valence-corrected chi connectivity index (χ3v) is 5.34. The Hall–Kier alpha value is -3.26. The lowest BCUT2D eigenvalue weighted by Crippen LogP contribution is -2.32. The quantitative estimate of drug-likeness (QED) is 0.477. The van der Waals surface area contributed by atoms with Gasteiger partial charge in [-0.3, -0.25) is 14.4 Å². The Kier molecular flexibility index (Phi) is 6.23. The highest BCUT2D eigenvalue weighted by molar-refractivity contribution is 6.53. The van der Waals surface area contributed by atoms with Crippen LogP contribution in [-0.2, 0) is 16.1 Å². The zero-order valence-electron chi connectivity index (χ0n) is 16.2. The van der Waals surface area contributed by atoms with Crippen LogP contribution in [0.3, 0.4) is 0 Å². The Morgan fingerprint density at radius 3 is 2.25 bits per heavy atom. The maximum absolute atomic E-state index is 12.9. The molecule has 0 unspecified atom stereocenters. The highest BCUT2D eigenvalue weighted by atomic mass is 35.5. The lowest BCUT2D eigenvalue weighted by molar-refractivity contribution is -0.120. The van der Waals surface area contributed by atoms with E-state index in [1.54, 1.807) is 36.4 Å². The molecule has 3 aromatic rings. The SMILES string of the molecule is O=C(NCc1ccco1)c1ccc(NC2=C(Cl)C(=O)N(c3cc(Cl)cc(Cl)c3)C2=O)cc1. The molecule has 10 heteroatoms.